The monoisotopic (exact) mass is 439 g/mol. The van der Waals surface area contributed by atoms with Gasteiger partial charge in [-0.05, 0) is 55.4 Å². The molecule has 2 atom stereocenters. The predicted octanol–water partition coefficient (Wildman–Crippen LogP) is 4.72. The maximum absolute atomic E-state index is 13.2. The topological polar surface area (TPSA) is 68.0 Å². The molecule has 1 aliphatic rings. The zero-order valence-corrected chi connectivity index (χ0v) is 19.3. The summed E-state index contributed by atoms with van der Waals surface area (Å²) in [7, 11) is 0. The molecule has 1 aliphatic carbocycles. The normalized spacial score (nSPS) is 18.2. The molecule has 1 heterocycles. The first kappa shape index (κ1) is 22.9. The first-order valence-electron chi connectivity index (χ1n) is 11.7. The van der Waals surface area contributed by atoms with Crippen LogP contribution >= 0.6 is 0 Å². The molecule has 0 spiro atoms. The number of primary amides is 1. The first-order valence-corrected chi connectivity index (χ1v) is 11.7. The SMILES string of the molecule is C=C(CNC1CCC(C(C(N)=O)(c2ccccc2)c2ccccc2)C1)Cc1cccc(C)n1. The van der Waals surface area contributed by atoms with Crippen LogP contribution in [0.3, 0.4) is 0 Å². The maximum Gasteiger partial charge on any atom is 0.232 e. The zero-order chi connectivity index (χ0) is 23.3. The molecule has 170 valence electrons. The molecular weight excluding hydrogens is 406 g/mol. The highest BCUT2D eigenvalue weighted by molar-refractivity contribution is 5.91. The fourth-order valence-corrected chi connectivity index (χ4v) is 5.39. The summed E-state index contributed by atoms with van der Waals surface area (Å²) >= 11 is 0. The van der Waals surface area contributed by atoms with Gasteiger partial charge in [-0.2, -0.15) is 0 Å². The van der Waals surface area contributed by atoms with Crippen molar-refractivity contribution >= 4 is 5.91 Å². The molecule has 1 amide bonds. The number of amides is 1. The Hall–Kier alpha value is -3.24. The van der Waals surface area contributed by atoms with E-state index in [2.05, 4.69) is 16.9 Å². The Labute approximate surface area is 197 Å². The van der Waals surface area contributed by atoms with Gasteiger partial charge < -0.3 is 11.1 Å². The van der Waals surface area contributed by atoms with Gasteiger partial charge in [0.05, 0.1) is 0 Å². The number of hydrogen-bond acceptors (Lipinski definition) is 3. The molecular formula is C29H33N3O. The van der Waals surface area contributed by atoms with E-state index in [-0.39, 0.29) is 11.8 Å². The fraction of sp³-hybridized carbons (Fsp3) is 0.310. The molecule has 3 aromatic rings. The van der Waals surface area contributed by atoms with Gasteiger partial charge in [-0.3, -0.25) is 9.78 Å². The molecule has 0 radical (unpaired) electrons. The minimum atomic E-state index is -0.832. The summed E-state index contributed by atoms with van der Waals surface area (Å²) in [4.78, 5) is 17.8. The van der Waals surface area contributed by atoms with Crippen LogP contribution in [0.2, 0.25) is 0 Å². The lowest BCUT2D eigenvalue weighted by Gasteiger charge is -2.37. The van der Waals surface area contributed by atoms with Crippen molar-refractivity contribution in [2.45, 2.75) is 44.1 Å². The van der Waals surface area contributed by atoms with E-state index in [1.807, 2.05) is 85.8 Å². The molecule has 4 rings (SSSR count). The van der Waals surface area contributed by atoms with E-state index < -0.39 is 5.41 Å². The Morgan fingerprint density at radius 1 is 1.00 bits per heavy atom. The Bertz CT molecular complexity index is 1050. The average molecular weight is 440 g/mol. The van der Waals surface area contributed by atoms with Crippen molar-refractivity contribution in [3.05, 3.63) is 114 Å². The molecule has 1 fully saturated rings. The number of nitrogens with two attached hydrogens (primary N) is 1. The summed E-state index contributed by atoms with van der Waals surface area (Å²) < 4.78 is 0. The van der Waals surface area contributed by atoms with Crippen LogP contribution in [-0.2, 0) is 16.6 Å². The summed E-state index contributed by atoms with van der Waals surface area (Å²) in [5, 5.41) is 3.68. The van der Waals surface area contributed by atoms with Crippen LogP contribution in [0.5, 0.6) is 0 Å². The third kappa shape index (κ3) is 4.91. The molecule has 2 aromatic carbocycles. The van der Waals surface area contributed by atoms with Crippen molar-refractivity contribution in [2.24, 2.45) is 11.7 Å². The molecule has 33 heavy (non-hydrogen) atoms. The number of rotatable bonds is 9. The van der Waals surface area contributed by atoms with Gasteiger partial charge in [0.15, 0.2) is 0 Å². The summed E-state index contributed by atoms with van der Waals surface area (Å²) in [5.41, 5.74) is 10.5. The summed E-state index contributed by atoms with van der Waals surface area (Å²) in [6.45, 7) is 7.01. The van der Waals surface area contributed by atoms with Crippen molar-refractivity contribution in [3.8, 4) is 0 Å². The van der Waals surface area contributed by atoms with Crippen molar-refractivity contribution < 1.29 is 4.79 Å². The van der Waals surface area contributed by atoms with Gasteiger partial charge in [0.2, 0.25) is 5.91 Å². The molecule has 4 heteroatoms. The van der Waals surface area contributed by atoms with Crippen LogP contribution in [-0.4, -0.2) is 23.5 Å². The quantitative estimate of drug-likeness (QED) is 0.474. The zero-order valence-electron chi connectivity index (χ0n) is 19.3. The van der Waals surface area contributed by atoms with Crippen LogP contribution < -0.4 is 11.1 Å². The highest BCUT2D eigenvalue weighted by Gasteiger charge is 2.49. The van der Waals surface area contributed by atoms with Crippen molar-refractivity contribution in [1.29, 1.82) is 0 Å². The minimum absolute atomic E-state index is 0.129. The van der Waals surface area contributed by atoms with E-state index in [0.717, 1.165) is 60.3 Å². The van der Waals surface area contributed by atoms with Gasteiger partial charge in [-0.1, -0.05) is 78.9 Å². The molecule has 2 unspecified atom stereocenters. The summed E-state index contributed by atoms with van der Waals surface area (Å²) in [6.07, 6.45) is 3.61. The Morgan fingerprint density at radius 3 is 2.21 bits per heavy atom. The number of hydrogen-bond donors (Lipinski definition) is 2. The van der Waals surface area contributed by atoms with Crippen molar-refractivity contribution in [3.63, 3.8) is 0 Å². The third-order valence-electron chi connectivity index (χ3n) is 6.91. The number of benzene rings is 2. The number of nitrogens with one attached hydrogen (secondary N) is 1. The van der Waals surface area contributed by atoms with Gasteiger partial charge >= 0.3 is 0 Å². The van der Waals surface area contributed by atoms with E-state index in [1.165, 1.54) is 0 Å². The third-order valence-corrected chi connectivity index (χ3v) is 6.91. The number of aromatic nitrogens is 1. The van der Waals surface area contributed by atoms with Crippen LogP contribution in [0.15, 0.2) is 91.0 Å². The van der Waals surface area contributed by atoms with E-state index in [4.69, 9.17) is 5.73 Å². The van der Waals surface area contributed by atoms with Gasteiger partial charge in [0.25, 0.3) is 0 Å². The molecule has 0 bridgehead atoms. The highest BCUT2D eigenvalue weighted by atomic mass is 16.1. The smallest absolute Gasteiger partial charge is 0.232 e. The maximum atomic E-state index is 13.2. The number of carbonyl (C=O) groups is 1. The van der Waals surface area contributed by atoms with Crippen LogP contribution in [0, 0.1) is 12.8 Å². The fourth-order valence-electron chi connectivity index (χ4n) is 5.39. The molecule has 3 N–H and O–H groups in total. The lowest BCUT2D eigenvalue weighted by atomic mass is 9.64. The largest absolute Gasteiger partial charge is 0.369 e. The second-order valence-corrected chi connectivity index (χ2v) is 9.19. The highest BCUT2D eigenvalue weighted by Crippen LogP contribution is 2.46. The summed E-state index contributed by atoms with van der Waals surface area (Å²) in [6, 6.07) is 26.5. The predicted molar refractivity (Wildman–Crippen MR) is 134 cm³/mol. The number of carbonyl (C=O) groups excluding carboxylic acids is 1. The summed E-state index contributed by atoms with van der Waals surface area (Å²) in [5.74, 6) is -0.149. The Balaban J connectivity index is 1.50. The molecule has 0 saturated heterocycles. The Morgan fingerprint density at radius 2 is 1.64 bits per heavy atom. The second-order valence-electron chi connectivity index (χ2n) is 9.19. The van der Waals surface area contributed by atoms with Gasteiger partial charge in [-0.25, -0.2) is 0 Å². The molecule has 1 aromatic heterocycles. The minimum Gasteiger partial charge on any atom is -0.369 e. The first-order chi connectivity index (χ1) is 16.0. The van der Waals surface area contributed by atoms with Crippen LogP contribution in [0.1, 0.15) is 41.8 Å². The van der Waals surface area contributed by atoms with Crippen molar-refractivity contribution in [2.75, 3.05) is 6.54 Å². The van der Waals surface area contributed by atoms with Crippen molar-refractivity contribution in [1.82, 2.24) is 10.3 Å². The van der Waals surface area contributed by atoms with Gasteiger partial charge in [0, 0.05) is 30.4 Å². The van der Waals surface area contributed by atoms with E-state index >= 15 is 0 Å². The van der Waals surface area contributed by atoms with E-state index in [0.29, 0.717) is 6.04 Å². The second kappa shape index (κ2) is 10.1. The van der Waals surface area contributed by atoms with Gasteiger partial charge in [0.1, 0.15) is 5.41 Å². The molecule has 4 nitrogen and oxygen atoms in total. The molecule has 1 saturated carbocycles. The number of nitrogens with zero attached hydrogens (tertiary/aromatic N) is 1. The average Bonchev–Trinajstić information content (AvgIpc) is 3.29. The van der Waals surface area contributed by atoms with Crippen LogP contribution in [0.4, 0.5) is 0 Å². The van der Waals surface area contributed by atoms with Gasteiger partial charge in [-0.15, -0.1) is 0 Å². The lowest BCUT2D eigenvalue weighted by Crippen LogP contribution is -2.48. The lowest BCUT2D eigenvalue weighted by molar-refractivity contribution is -0.123. The Kier molecular flexibility index (Phi) is 7.05. The van der Waals surface area contributed by atoms with E-state index in [9.17, 15) is 4.79 Å². The number of pyridine rings is 1. The molecule has 0 aliphatic heterocycles. The standard InChI is InChI=1S/C29H33N3O/c1-21(18-27-15-9-10-22(2)32-27)20-31-26-17-16-25(19-26)29(28(30)33,23-11-5-3-6-12-23)24-13-7-4-8-14-24/h3-15,25-26,31H,1,16-20H2,2H3,(H2,30,33). The number of aryl methyl sites for hydroxylation is 1. The van der Waals surface area contributed by atoms with Crippen LogP contribution in [0.25, 0.3) is 0 Å². The van der Waals surface area contributed by atoms with E-state index in [1.54, 1.807) is 0 Å².